The molecule has 1 aromatic carbocycles. The molecule has 0 fully saturated rings. The monoisotopic (exact) mass is 389 g/mol. The Morgan fingerprint density at radius 3 is 3.00 bits per heavy atom. The second kappa shape index (κ2) is 5.82. The van der Waals surface area contributed by atoms with Gasteiger partial charge >= 0.3 is 0 Å². The lowest BCUT2D eigenvalue weighted by molar-refractivity contribution is 0.556. The van der Waals surface area contributed by atoms with Crippen molar-refractivity contribution in [1.82, 2.24) is 4.57 Å². The number of rotatable bonds is 2. The van der Waals surface area contributed by atoms with E-state index >= 15 is 0 Å². The molecule has 2 aromatic heterocycles. The molecule has 1 aliphatic rings. The van der Waals surface area contributed by atoms with Gasteiger partial charge in [-0.25, -0.2) is 4.99 Å². The summed E-state index contributed by atoms with van der Waals surface area (Å²) in [7, 11) is 0. The molecule has 3 heterocycles. The van der Waals surface area contributed by atoms with Crippen molar-refractivity contribution in [3.8, 4) is 0 Å². The van der Waals surface area contributed by atoms with Gasteiger partial charge < -0.3 is 9.32 Å². The summed E-state index contributed by atoms with van der Waals surface area (Å²) in [5.41, 5.74) is 0.994. The molecular weight excluding hydrogens is 378 g/mol. The van der Waals surface area contributed by atoms with Gasteiger partial charge in [0, 0.05) is 16.2 Å². The summed E-state index contributed by atoms with van der Waals surface area (Å²) in [5, 5.41) is 0. The molecule has 23 heavy (non-hydrogen) atoms. The Kier molecular flexibility index (Phi) is 3.66. The maximum atomic E-state index is 12.6. The predicted molar refractivity (Wildman–Crippen MR) is 93.1 cm³/mol. The van der Waals surface area contributed by atoms with E-state index in [1.54, 1.807) is 23.0 Å². The predicted octanol–water partition coefficient (Wildman–Crippen LogP) is 2.15. The summed E-state index contributed by atoms with van der Waals surface area (Å²) in [6.45, 7) is 1.03. The Morgan fingerprint density at radius 2 is 2.22 bits per heavy atom. The Labute approximate surface area is 143 Å². The minimum atomic E-state index is -0.0372. The first-order valence-corrected chi connectivity index (χ1v) is 8.61. The summed E-state index contributed by atoms with van der Waals surface area (Å²) in [6.07, 6.45) is 3.35. The molecule has 0 spiro atoms. The van der Waals surface area contributed by atoms with Crippen LogP contribution in [0.15, 0.2) is 61.3 Å². The largest absolute Gasteiger partial charge is 0.465 e. The summed E-state index contributed by atoms with van der Waals surface area (Å²) < 4.78 is 8.62. The number of thiazole rings is 1. The molecule has 0 N–H and O–H groups in total. The Balaban J connectivity index is 1.74. The van der Waals surface area contributed by atoms with Gasteiger partial charge in [-0.2, -0.15) is 0 Å². The van der Waals surface area contributed by atoms with Crippen molar-refractivity contribution < 1.29 is 4.42 Å². The highest BCUT2D eigenvalue weighted by atomic mass is 79.9. The van der Waals surface area contributed by atoms with Gasteiger partial charge in [0.15, 0.2) is 4.80 Å². The van der Waals surface area contributed by atoms with Crippen LogP contribution in [0.2, 0.25) is 0 Å². The van der Waals surface area contributed by atoms with Crippen molar-refractivity contribution in [2.24, 2.45) is 4.99 Å². The SMILES string of the molecule is O=c1c(=Cc2ccco2)sc2n1CN(c1cccc(Br)c1)CN=2. The van der Waals surface area contributed by atoms with Crippen LogP contribution in [0.3, 0.4) is 0 Å². The van der Waals surface area contributed by atoms with Crippen LogP contribution in [0.5, 0.6) is 0 Å². The molecule has 0 atom stereocenters. The highest BCUT2D eigenvalue weighted by Crippen LogP contribution is 2.20. The number of nitrogens with zero attached hydrogens (tertiary/aromatic N) is 3. The number of halogens is 1. The first-order valence-electron chi connectivity index (χ1n) is 7.00. The molecule has 0 saturated carbocycles. The molecule has 5 nitrogen and oxygen atoms in total. The van der Waals surface area contributed by atoms with Gasteiger partial charge in [-0.15, -0.1) is 0 Å². The fourth-order valence-corrected chi connectivity index (χ4v) is 3.78. The normalized spacial score (nSPS) is 14.7. The Morgan fingerprint density at radius 1 is 1.30 bits per heavy atom. The average Bonchev–Trinajstić information content (AvgIpc) is 3.17. The third kappa shape index (κ3) is 2.77. The number of hydrogen-bond acceptors (Lipinski definition) is 5. The van der Waals surface area contributed by atoms with Crippen LogP contribution in [0.4, 0.5) is 5.69 Å². The van der Waals surface area contributed by atoms with E-state index < -0.39 is 0 Å². The second-order valence-corrected chi connectivity index (χ2v) is 7.03. The van der Waals surface area contributed by atoms with E-state index in [9.17, 15) is 4.79 Å². The number of benzene rings is 1. The van der Waals surface area contributed by atoms with Gasteiger partial charge in [0.05, 0.1) is 10.8 Å². The quantitative estimate of drug-likeness (QED) is 0.674. The molecule has 3 aromatic rings. The lowest BCUT2D eigenvalue weighted by atomic mass is 10.3. The minimum absolute atomic E-state index is 0.0372. The van der Waals surface area contributed by atoms with Crippen LogP contribution < -0.4 is 19.8 Å². The van der Waals surface area contributed by atoms with E-state index in [0.29, 0.717) is 23.6 Å². The van der Waals surface area contributed by atoms with Crippen molar-refractivity contribution in [3.05, 3.63) is 72.6 Å². The fraction of sp³-hybridized carbons (Fsp3) is 0.125. The topological polar surface area (TPSA) is 50.7 Å². The van der Waals surface area contributed by atoms with E-state index in [1.165, 1.54) is 11.3 Å². The first-order chi connectivity index (χ1) is 11.2. The first kappa shape index (κ1) is 14.5. The van der Waals surface area contributed by atoms with Crippen molar-refractivity contribution >= 4 is 39.0 Å². The molecule has 7 heteroatoms. The Hall–Kier alpha value is -2.12. The Bertz CT molecular complexity index is 1020. The van der Waals surface area contributed by atoms with Crippen molar-refractivity contribution in [2.45, 2.75) is 6.67 Å². The third-order valence-corrected chi connectivity index (χ3v) is 5.10. The maximum Gasteiger partial charge on any atom is 0.271 e. The van der Waals surface area contributed by atoms with Crippen LogP contribution >= 0.6 is 27.3 Å². The lowest BCUT2D eigenvalue weighted by Gasteiger charge is -2.25. The summed E-state index contributed by atoms with van der Waals surface area (Å²) in [5.74, 6) is 0.671. The van der Waals surface area contributed by atoms with Gasteiger partial charge in [0.1, 0.15) is 19.1 Å². The van der Waals surface area contributed by atoms with Gasteiger partial charge in [0.25, 0.3) is 5.56 Å². The molecule has 0 bridgehead atoms. The van der Waals surface area contributed by atoms with Crippen LogP contribution in [0, 0.1) is 0 Å². The van der Waals surface area contributed by atoms with Crippen LogP contribution in [-0.4, -0.2) is 11.2 Å². The number of anilines is 1. The maximum absolute atomic E-state index is 12.6. The van der Waals surface area contributed by atoms with Crippen LogP contribution in [-0.2, 0) is 6.67 Å². The zero-order valence-corrected chi connectivity index (χ0v) is 14.4. The highest BCUT2D eigenvalue weighted by molar-refractivity contribution is 9.10. The molecule has 0 radical (unpaired) electrons. The van der Waals surface area contributed by atoms with Gasteiger partial charge in [-0.05, 0) is 30.3 Å². The molecule has 0 amide bonds. The van der Waals surface area contributed by atoms with Crippen LogP contribution in [0.25, 0.3) is 6.08 Å². The third-order valence-electron chi connectivity index (χ3n) is 3.57. The molecule has 116 valence electrons. The van der Waals surface area contributed by atoms with Crippen LogP contribution in [0.1, 0.15) is 5.76 Å². The minimum Gasteiger partial charge on any atom is -0.465 e. The zero-order chi connectivity index (χ0) is 15.8. The smallest absolute Gasteiger partial charge is 0.271 e. The molecule has 0 unspecified atom stereocenters. The van der Waals surface area contributed by atoms with Crippen molar-refractivity contribution in [2.75, 3.05) is 11.6 Å². The van der Waals surface area contributed by atoms with Gasteiger partial charge in [0.2, 0.25) is 0 Å². The molecule has 4 rings (SSSR count). The summed E-state index contributed by atoms with van der Waals surface area (Å²) in [4.78, 5) is 19.9. The molecule has 1 aliphatic heterocycles. The van der Waals surface area contributed by atoms with E-state index in [4.69, 9.17) is 4.42 Å². The molecule has 0 aliphatic carbocycles. The van der Waals surface area contributed by atoms with E-state index in [0.717, 1.165) is 15.0 Å². The van der Waals surface area contributed by atoms with Gasteiger partial charge in [-0.1, -0.05) is 33.3 Å². The molecule has 0 saturated heterocycles. The number of aromatic nitrogens is 1. The average molecular weight is 390 g/mol. The number of hydrogen-bond donors (Lipinski definition) is 0. The summed E-state index contributed by atoms with van der Waals surface area (Å²) >= 11 is 4.87. The fourth-order valence-electron chi connectivity index (χ4n) is 2.45. The molecular formula is C16H12BrN3O2S. The lowest BCUT2D eigenvalue weighted by Crippen LogP contribution is -2.42. The summed E-state index contributed by atoms with van der Waals surface area (Å²) in [6, 6.07) is 11.6. The van der Waals surface area contributed by atoms with E-state index in [-0.39, 0.29) is 5.56 Å². The second-order valence-electron chi connectivity index (χ2n) is 5.10. The number of furan rings is 1. The number of fused-ring (bicyclic) bond motifs is 1. The highest BCUT2D eigenvalue weighted by Gasteiger charge is 2.16. The van der Waals surface area contributed by atoms with Gasteiger partial charge in [-0.3, -0.25) is 9.36 Å². The van der Waals surface area contributed by atoms with E-state index in [2.05, 4.69) is 25.8 Å². The van der Waals surface area contributed by atoms with E-state index in [1.807, 2.05) is 30.3 Å². The zero-order valence-electron chi connectivity index (χ0n) is 12.0. The van der Waals surface area contributed by atoms with Crippen molar-refractivity contribution in [3.63, 3.8) is 0 Å². The standard InChI is InChI=1S/C16H12BrN3O2S/c17-11-3-1-4-12(7-11)19-9-18-16-20(10-19)15(21)14(23-16)8-13-5-2-6-22-13/h1-8H,9-10H2. The van der Waals surface area contributed by atoms with Crippen molar-refractivity contribution in [1.29, 1.82) is 0 Å².